The summed E-state index contributed by atoms with van der Waals surface area (Å²) in [6, 6.07) is 0. The summed E-state index contributed by atoms with van der Waals surface area (Å²) in [5.74, 6) is -0.866. The second-order valence-corrected chi connectivity index (χ2v) is 18.1. The average molecular weight is 859 g/mol. The number of hydrogen-bond acceptors (Lipinski definition) is 6. The van der Waals surface area contributed by atoms with Crippen molar-refractivity contribution >= 4 is 17.9 Å². The van der Waals surface area contributed by atoms with Crippen molar-refractivity contribution in [3.8, 4) is 0 Å². The highest BCUT2D eigenvalue weighted by Gasteiger charge is 2.19. The second kappa shape index (κ2) is 50.5. The number of rotatable bonds is 49. The van der Waals surface area contributed by atoms with E-state index in [0.29, 0.717) is 19.3 Å². The topological polar surface area (TPSA) is 78.9 Å². The zero-order valence-corrected chi connectivity index (χ0v) is 40.9. The highest BCUT2D eigenvalue weighted by Crippen LogP contribution is 2.16. The van der Waals surface area contributed by atoms with Gasteiger partial charge in [0.15, 0.2) is 6.10 Å². The zero-order chi connectivity index (χ0) is 44.4. The van der Waals surface area contributed by atoms with Crippen molar-refractivity contribution in [3.05, 3.63) is 24.3 Å². The van der Waals surface area contributed by atoms with Gasteiger partial charge in [-0.3, -0.25) is 14.4 Å². The predicted octanol–water partition coefficient (Wildman–Crippen LogP) is 17.5. The molecule has 1 atom stereocenters. The van der Waals surface area contributed by atoms with Crippen LogP contribution < -0.4 is 0 Å². The Morgan fingerprint density at radius 1 is 0.311 bits per heavy atom. The minimum atomic E-state index is -0.770. The van der Waals surface area contributed by atoms with Crippen molar-refractivity contribution in [1.29, 1.82) is 0 Å². The molecular weight excluding hydrogens is 757 g/mol. The molecule has 6 heteroatoms. The molecule has 0 heterocycles. The van der Waals surface area contributed by atoms with E-state index >= 15 is 0 Å². The van der Waals surface area contributed by atoms with E-state index in [-0.39, 0.29) is 31.1 Å². The summed E-state index contributed by atoms with van der Waals surface area (Å²) in [7, 11) is 0. The third-order valence-corrected chi connectivity index (χ3v) is 11.9. The SMILES string of the molecule is CCCCCC/C=C\CCCCCCCCCC(=O)OC[C@H](COC(=O)CCCCCCCCCCCCC)OC(=O)CCCCCCCCC/C=C\CCCCCCCC. The molecule has 0 aliphatic heterocycles. The largest absolute Gasteiger partial charge is 0.462 e. The van der Waals surface area contributed by atoms with E-state index in [4.69, 9.17) is 14.2 Å². The van der Waals surface area contributed by atoms with Crippen LogP contribution in [-0.4, -0.2) is 37.2 Å². The van der Waals surface area contributed by atoms with Gasteiger partial charge >= 0.3 is 17.9 Å². The summed E-state index contributed by atoms with van der Waals surface area (Å²) < 4.78 is 16.8. The van der Waals surface area contributed by atoms with Crippen molar-refractivity contribution in [1.82, 2.24) is 0 Å². The Kier molecular flexibility index (Phi) is 48.8. The molecule has 0 aromatic rings. The van der Waals surface area contributed by atoms with E-state index in [2.05, 4.69) is 45.1 Å². The van der Waals surface area contributed by atoms with Gasteiger partial charge in [0, 0.05) is 19.3 Å². The number of unbranched alkanes of at least 4 members (excludes halogenated alkanes) is 34. The molecule has 0 aromatic heterocycles. The Labute approximate surface area is 379 Å². The molecule has 0 rings (SSSR count). The molecule has 0 aliphatic carbocycles. The van der Waals surface area contributed by atoms with Gasteiger partial charge in [0.05, 0.1) is 0 Å². The molecule has 0 saturated carbocycles. The fourth-order valence-electron chi connectivity index (χ4n) is 7.84. The highest BCUT2D eigenvalue weighted by atomic mass is 16.6. The molecule has 0 unspecified atom stereocenters. The van der Waals surface area contributed by atoms with Crippen molar-refractivity contribution in [3.63, 3.8) is 0 Å². The summed E-state index contributed by atoms with van der Waals surface area (Å²) in [5.41, 5.74) is 0. The summed E-state index contributed by atoms with van der Waals surface area (Å²) in [4.78, 5) is 38.0. The quantitative estimate of drug-likeness (QED) is 0.0262. The maximum atomic E-state index is 12.8. The Bertz CT molecular complexity index is 989. The van der Waals surface area contributed by atoms with Crippen LogP contribution >= 0.6 is 0 Å². The Morgan fingerprint density at radius 2 is 0.541 bits per heavy atom. The Morgan fingerprint density at radius 3 is 0.836 bits per heavy atom. The van der Waals surface area contributed by atoms with Crippen LogP contribution in [0, 0.1) is 0 Å². The molecular formula is C55H102O6. The van der Waals surface area contributed by atoms with E-state index in [1.165, 1.54) is 193 Å². The van der Waals surface area contributed by atoms with Crippen LogP contribution in [-0.2, 0) is 28.6 Å². The lowest BCUT2D eigenvalue weighted by Gasteiger charge is -2.18. The van der Waals surface area contributed by atoms with Crippen LogP contribution in [0.4, 0.5) is 0 Å². The molecule has 0 amide bonds. The highest BCUT2D eigenvalue weighted by molar-refractivity contribution is 5.71. The maximum absolute atomic E-state index is 12.8. The Hall–Kier alpha value is -2.11. The molecule has 0 aliphatic rings. The normalized spacial score (nSPS) is 12.1. The van der Waals surface area contributed by atoms with Crippen LogP contribution in [0.15, 0.2) is 24.3 Å². The lowest BCUT2D eigenvalue weighted by Crippen LogP contribution is -2.30. The van der Waals surface area contributed by atoms with E-state index in [1.807, 2.05) is 0 Å². The van der Waals surface area contributed by atoms with Gasteiger partial charge in [-0.25, -0.2) is 0 Å². The number of ether oxygens (including phenoxy) is 3. The molecule has 0 aromatic carbocycles. The van der Waals surface area contributed by atoms with Gasteiger partial charge in [-0.05, 0) is 70.6 Å². The molecule has 0 spiro atoms. The Balaban J connectivity index is 4.33. The summed E-state index contributed by atoms with van der Waals surface area (Å²) >= 11 is 0. The van der Waals surface area contributed by atoms with Crippen LogP contribution in [0.2, 0.25) is 0 Å². The first-order chi connectivity index (χ1) is 30.0. The molecule has 0 fully saturated rings. The van der Waals surface area contributed by atoms with E-state index < -0.39 is 6.10 Å². The third kappa shape index (κ3) is 48.8. The van der Waals surface area contributed by atoms with Crippen molar-refractivity contribution < 1.29 is 28.6 Å². The maximum Gasteiger partial charge on any atom is 0.306 e. The molecule has 0 radical (unpaired) electrons. The molecule has 358 valence electrons. The first kappa shape index (κ1) is 58.9. The van der Waals surface area contributed by atoms with Gasteiger partial charge in [-0.1, -0.05) is 225 Å². The number of carbonyl (C=O) groups excluding carboxylic acids is 3. The van der Waals surface area contributed by atoms with Crippen LogP contribution in [0.5, 0.6) is 0 Å². The fourth-order valence-corrected chi connectivity index (χ4v) is 7.84. The van der Waals surface area contributed by atoms with Gasteiger partial charge in [-0.2, -0.15) is 0 Å². The molecule has 0 saturated heterocycles. The predicted molar refractivity (Wildman–Crippen MR) is 261 cm³/mol. The molecule has 0 bridgehead atoms. The molecule has 0 N–H and O–H groups in total. The van der Waals surface area contributed by atoms with Crippen molar-refractivity contribution in [2.75, 3.05) is 13.2 Å². The molecule has 61 heavy (non-hydrogen) atoms. The van der Waals surface area contributed by atoms with Gasteiger partial charge in [0.25, 0.3) is 0 Å². The summed E-state index contributed by atoms with van der Waals surface area (Å²) in [6.07, 6.45) is 57.3. The standard InChI is InChI=1S/C55H102O6/c1-4-7-10-13-16-19-22-24-26-27-29-31-34-37-40-43-46-49-55(58)61-52(50-59-53(56)47-44-41-38-35-32-21-18-15-12-9-6-3)51-60-54(57)48-45-42-39-36-33-30-28-25-23-20-17-14-11-8-5-2/h20,23-24,26,52H,4-19,21-22,25,27-51H2,1-3H3/b23-20-,26-24-/t52-/m0/s1. The van der Waals surface area contributed by atoms with Gasteiger partial charge in [0.2, 0.25) is 0 Å². The number of hydrogen-bond donors (Lipinski definition) is 0. The number of carbonyl (C=O) groups is 3. The average Bonchev–Trinajstić information content (AvgIpc) is 3.26. The van der Waals surface area contributed by atoms with E-state index in [0.717, 1.165) is 57.8 Å². The minimum Gasteiger partial charge on any atom is -0.462 e. The lowest BCUT2D eigenvalue weighted by atomic mass is 10.1. The molecule has 6 nitrogen and oxygen atoms in total. The third-order valence-electron chi connectivity index (χ3n) is 11.9. The van der Waals surface area contributed by atoms with E-state index in [9.17, 15) is 14.4 Å². The zero-order valence-electron chi connectivity index (χ0n) is 40.9. The fraction of sp³-hybridized carbons (Fsp3) is 0.873. The number of allylic oxidation sites excluding steroid dienone is 4. The second-order valence-electron chi connectivity index (χ2n) is 18.1. The van der Waals surface area contributed by atoms with E-state index in [1.54, 1.807) is 0 Å². The lowest BCUT2D eigenvalue weighted by molar-refractivity contribution is -0.167. The monoisotopic (exact) mass is 859 g/mol. The smallest absolute Gasteiger partial charge is 0.306 e. The van der Waals surface area contributed by atoms with Crippen LogP contribution in [0.1, 0.15) is 290 Å². The summed E-state index contributed by atoms with van der Waals surface area (Å²) in [5, 5.41) is 0. The summed E-state index contributed by atoms with van der Waals surface area (Å²) in [6.45, 7) is 6.64. The van der Waals surface area contributed by atoms with Gasteiger partial charge in [0.1, 0.15) is 13.2 Å². The first-order valence-electron chi connectivity index (χ1n) is 26.8. The van der Waals surface area contributed by atoms with Crippen LogP contribution in [0.25, 0.3) is 0 Å². The minimum absolute atomic E-state index is 0.0706. The van der Waals surface area contributed by atoms with Gasteiger partial charge < -0.3 is 14.2 Å². The van der Waals surface area contributed by atoms with Gasteiger partial charge in [-0.15, -0.1) is 0 Å². The van der Waals surface area contributed by atoms with Crippen LogP contribution in [0.3, 0.4) is 0 Å². The first-order valence-corrected chi connectivity index (χ1v) is 26.8. The number of esters is 3. The van der Waals surface area contributed by atoms with Crippen molar-refractivity contribution in [2.24, 2.45) is 0 Å². The van der Waals surface area contributed by atoms with Crippen molar-refractivity contribution in [2.45, 2.75) is 297 Å².